The predicted octanol–water partition coefficient (Wildman–Crippen LogP) is 2.91. The summed E-state index contributed by atoms with van der Waals surface area (Å²) in [6.07, 6.45) is 6.59. The molecule has 76 valence electrons. The number of hydrogen-bond donors (Lipinski definition) is 0. The predicted molar refractivity (Wildman–Crippen MR) is 55.6 cm³/mol. The Kier molecular flexibility index (Phi) is 9.05. The van der Waals surface area contributed by atoms with Crippen LogP contribution in [0.15, 0.2) is 25.3 Å². The van der Waals surface area contributed by atoms with Crippen LogP contribution in [0.2, 0.25) is 0 Å². The highest BCUT2D eigenvalue weighted by atomic mass is 16.7. The minimum absolute atomic E-state index is 0.101. The van der Waals surface area contributed by atoms with Crippen molar-refractivity contribution in [1.82, 2.24) is 0 Å². The smallest absolute Gasteiger partial charge is 0.158 e. The topological polar surface area (TPSA) is 18.5 Å². The largest absolute Gasteiger partial charge is 0.349 e. The molecular weight excluding hydrogens is 164 g/mol. The molecule has 13 heavy (non-hydrogen) atoms. The molecule has 0 aliphatic carbocycles. The normalized spacial score (nSPS) is 10.3. The average molecular weight is 184 g/mol. The minimum atomic E-state index is -0.101. The number of ether oxygens (including phenoxy) is 2. The summed E-state index contributed by atoms with van der Waals surface area (Å²) in [5.74, 6) is 0. The van der Waals surface area contributed by atoms with E-state index in [2.05, 4.69) is 20.1 Å². The van der Waals surface area contributed by atoms with Crippen LogP contribution in [0.1, 0.15) is 26.2 Å². The van der Waals surface area contributed by atoms with Gasteiger partial charge in [-0.2, -0.15) is 0 Å². The third-order valence-corrected chi connectivity index (χ3v) is 1.59. The highest BCUT2D eigenvalue weighted by Crippen LogP contribution is 2.06. The van der Waals surface area contributed by atoms with Crippen LogP contribution in [-0.4, -0.2) is 19.5 Å². The standard InChI is InChI=1S/C11H20O2/c1-4-7-8-11(12-9-5-2)13-10-6-3/h5-6,11H,2-4,7-10H2,1H3. The van der Waals surface area contributed by atoms with Gasteiger partial charge in [0.1, 0.15) is 0 Å². The van der Waals surface area contributed by atoms with Gasteiger partial charge in [0.25, 0.3) is 0 Å². The van der Waals surface area contributed by atoms with Gasteiger partial charge in [0.2, 0.25) is 0 Å². The molecule has 2 nitrogen and oxygen atoms in total. The maximum absolute atomic E-state index is 5.41. The Morgan fingerprint density at radius 3 is 2.08 bits per heavy atom. The third-order valence-electron chi connectivity index (χ3n) is 1.59. The van der Waals surface area contributed by atoms with E-state index in [4.69, 9.17) is 9.47 Å². The van der Waals surface area contributed by atoms with Crippen LogP contribution in [0.25, 0.3) is 0 Å². The van der Waals surface area contributed by atoms with E-state index in [-0.39, 0.29) is 6.29 Å². The Balaban J connectivity index is 3.58. The molecule has 0 radical (unpaired) electrons. The molecule has 0 aromatic heterocycles. The Bertz CT molecular complexity index is 120. The van der Waals surface area contributed by atoms with Crippen molar-refractivity contribution in [2.45, 2.75) is 32.5 Å². The lowest BCUT2D eigenvalue weighted by Gasteiger charge is -2.16. The second-order valence-corrected chi connectivity index (χ2v) is 2.82. The van der Waals surface area contributed by atoms with E-state index in [0.29, 0.717) is 13.2 Å². The Morgan fingerprint density at radius 1 is 1.15 bits per heavy atom. The fourth-order valence-corrected chi connectivity index (χ4v) is 0.936. The molecule has 0 amide bonds. The minimum Gasteiger partial charge on any atom is -0.349 e. The molecule has 0 bridgehead atoms. The molecule has 0 unspecified atom stereocenters. The summed E-state index contributed by atoms with van der Waals surface area (Å²) in [6.45, 7) is 10.4. The van der Waals surface area contributed by atoms with Crippen molar-refractivity contribution in [2.75, 3.05) is 13.2 Å². The van der Waals surface area contributed by atoms with Gasteiger partial charge in [-0.15, -0.1) is 13.2 Å². The van der Waals surface area contributed by atoms with Gasteiger partial charge in [0.05, 0.1) is 13.2 Å². The van der Waals surface area contributed by atoms with E-state index < -0.39 is 0 Å². The van der Waals surface area contributed by atoms with Crippen molar-refractivity contribution in [3.63, 3.8) is 0 Å². The van der Waals surface area contributed by atoms with Crippen LogP contribution in [0.5, 0.6) is 0 Å². The van der Waals surface area contributed by atoms with E-state index in [9.17, 15) is 0 Å². The van der Waals surface area contributed by atoms with E-state index in [1.54, 1.807) is 12.2 Å². The van der Waals surface area contributed by atoms with Gasteiger partial charge in [-0.25, -0.2) is 0 Å². The van der Waals surface area contributed by atoms with Gasteiger partial charge >= 0.3 is 0 Å². The van der Waals surface area contributed by atoms with Gasteiger partial charge in [-0.3, -0.25) is 0 Å². The van der Waals surface area contributed by atoms with E-state index >= 15 is 0 Å². The monoisotopic (exact) mass is 184 g/mol. The van der Waals surface area contributed by atoms with Gasteiger partial charge in [-0.1, -0.05) is 25.5 Å². The molecule has 0 N–H and O–H groups in total. The second kappa shape index (κ2) is 9.49. The molecule has 0 aromatic rings. The molecule has 0 aromatic carbocycles. The first kappa shape index (κ1) is 12.4. The average Bonchev–Trinajstić information content (AvgIpc) is 2.17. The zero-order chi connectivity index (χ0) is 9.94. The molecule has 0 spiro atoms. The molecule has 0 saturated carbocycles. The maximum Gasteiger partial charge on any atom is 0.158 e. The summed E-state index contributed by atoms with van der Waals surface area (Å²) in [4.78, 5) is 0. The third kappa shape index (κ3) is 7.75. The van der Waals surface area contributed by atoms with Crippen LogP contribution < -0.4 is 0 Å². The first-order valence-corrected chi connectivity index (χ1v) is 4.80. The lowest BCUT2D eigenvalue weighted by Crippen LogP contribution is -2.17. The second-order valence-electron chi connectivity index (χ2n) is 2.82. The summed E-state index contributed by atoms with van der Waals surface area (Å²) in [5.41, 5.74) is 0. The van der Waals surface area contributed by atoms with Crippen molar-refractivity contribution >= 4 is 0 Å². The quantitative estimate of drug-likeness (QED) is 0.405. The van der Waals surface area contributed by atoms with Gasteiger partial charge in [0, 0.05) is 0 Å². The lowest BCUT2D eigenvalue weighted by molar-refractivity contribution is -0.131. The van der Waals surface area contributed by atoms with E-state index in [1.807, 2.05) is 0 Å². The summed E-state index contributed by atoms with van der Waals surface area (Å²) < 4.78 is 10.8. The van der Waals surface area contributed by atoms with Crippen LogP contribution in [0.3, 0.4) is 0 Å². The van der Waals surface area contributed by atoms with Gasteiger partial charge in [0.15, 0.2) is 6.29 Å². The molecule has 0 heterocycles. The molecule has 0 aliphatic heterocycles. The highest BCUT2D eigenvalue weighted by Gasteiger charge is 2.06. The van der Waals surface area contributed by atoms with Crippen molar-refractivity contribution in [3.8, 4) is 0 Å². The fourth-order valence-electron chi connectivity index (χ4n) is 0.936. The van der Waals surface area contributed by atoms with Crippen LogP contribution in [0, 0.1) is 0 Å². The van der Waals surface area contributed by atoms with Crippen molar-refractivity contribution < 1.29 is 9.47 Å². The van der Waals surface area contributed by atoms with Crippen LogP contribution >= 0.6 is 0 Å². The van der Waals surface area contributed by atoms with Crippen molar-refractivity contribution in [2.24, 2.45) is 0 Å². The molecule has 0 atom stereocenters. The van der Waals surface area contributed by atoms with Gasteiger partial charge < -0.3 is 9.47 Å². The molecule has 2 heteroatoms. The molecular formula is C11H20O2. The SMILES string of the molecule is C=CCOC(CCCC)OCC=C. The summed E-state index contributed by atoms with van der Waals surface area (Å²) in [5, 5.41) is 0. The summed E-state index contributed by atoms with van der Waals surface area (Å²) in [6, 6.07) is 0. The summed E-state index contributed by atoms with van der Waals surface area (Å²) >= 11 is 0. The van der Waals surface area contributed by atoms with Gasteiger partial charge in [-0.05, 0) is 12.8 Å². The number of hydrogen-bond acceptors (Lipinski definition) is 2. The summed E-state index contributed by atoms with van der Waals surface area (Å²) in [7, 11) is 0. The zero-order valence-corrected chi connectivity index (χ0v) is 8.50. The Hall–Kier alpha value is -0.600. The zero-order valence-electron chi connectivity index (χ0n) is 8.50. The Labute approximate surface area is 81.2 Å². The first-order valence-electron chi connectivity index (χ1n) is 4.80. The van der Waals surface area contributed by atoms with Crippen LogP contribution in [-0.2, 0) is 9.47 Å². The lowest BCUT2D eigenvalue weighted by atomic mass is 10.2. The maximum atomic E-state index is 5.41. The van der Waals surface area contributed by atoms with Crippen molar-refractivity contribution in [3.05, 3.63) is 25.3 Å². The molecule has 0 aliphatic rings. The molecule has 0 fully saturated rings. The molecule has 0 rings (SSSR count). The van der Waals surface area contributed by atoms with Crippen LogP contribution in [0.4, 0.5) is 0 Å². The molecule has 0 saturated heterocycles. The first-order chi connectivity index (χ1) is 6.35. The Morgan fingerprint density at radius 2 is 1.69 bits per heavy atom. The van der Waals surface area contributed by atoms with Crippen molar-refractivity contribution in [1.29, 1.82) is 0 Å². The van der Waals surface area contributed by atoms with E-state index in [0.717, 1.165) is 19.3 Å². The highest BCUT2D eigenvalue weighted by molar-refractivity contribution is 4.67. The number of rotatable bonds is 9. The fraction of sp³-hybridized carbons (Fsp3) is 0.636. The van der Waals surface area contributed by atoms with E-state index in [1.165, 1.54) is 0 Å². The number of unbranched alkanes of at least 4 members (excludes halogenated alkanes) is 1.